The van der Waals surface area contributed by atoms with Crippen LogP contribution < -0.4 is 0 Å². The SMILES string of the molecule is CCC1C(=O)CCC(=C(c2ccc(C)cc2)c2ccc(C)cc2)C1C. The topological polar surface area (TPSA) is 17.1 Å². The van der Waals surface area contributed by atoms with Crippen LogP contribution in [0.2, 0.25) is 0 Å². The smallest absolute Gasteiger partial charge is 0.136 e. The molecular formula is C24H28O. The summed E-state index contributed by atoms with van der Waals surface area (Å²) < 4.78 is 0. The molecule has 1 aliphatic carbocycles. The van der Waals surface area contributed by atoms with Crippen LogP contribution in [-0.2, 0) is 4.79 Å². The third-order valence-corrected chi connectivity index (χ3v) is 5.65. The highest BCUT2D eigenvalue weighted by atomic mass is 16.1. The highest BCUT2D eigenvalue weighted by Crippen LogP contribution is 2.40. The van der Waals surface area contributed by atoms with Crippen LogP contribution in [0.25, 0.3) is 5.57 Å². The zero-order valence-electron chi connectivity index (χ0n) is 15.8. The van der Waals surface area contributed by atoms with E-state index in [4.69, 9.17) is 0 Å². The summed E-state index contributed by atoms with van der Waals surface area (Å²) in [6, 6.07) is 17.6. The molecule has 0 N–H and O–H groups in total. The number of carbonyl (C=O) groups is 1. The summed E-state index contributed by atoms with van der Waals surface area (Å²) in [6.07, 6.45) is 2.49. The predicted octanol–water partition coefficient (Wildman–Crippen LogP) is 6.13. The lowest BCUT2D eigenvalue weighted by Crippen LogP contribution is -2.28. The second-order valence-electron chi connectivity index (χ2n) is 7.40. The van der Waals surface area contributed by atoms with Crippen LogP contribution in [0.1, 0.15) is 55.4 Å². The van der Waals surface area contributed by atoms with Gasteiger partial charge < -0.3 is 0 Å². The molecule has 2 aromatic rings. The molecule has 1 saturated carbocycles. The maximum absolute atomic E-state index is 12.3. The number of aryl methyl sites for hydroxylation is 2. The van der Waals surface area contributed by atoms with E-state index in [9.17, 15) is 4.79 Å². The van der Waals surface area contributed by atoms with E-state index in [1.807, 2.05) is 0 Å². The van der Waals surface area contributed by atoms with E-state index in [-0.39, 0.29) is 5.92 Å². The van der Waals surface area contributed by atoms with Crippen molar-refractivity contribution in [3.63, 3.8) is 0 Å². The lowest BCUT2D eigenvalue weighted by atomic mass is 9.71. The number of rotatable bonds is 3. The first kappa shape index (κ1) is 17.7. The Morgan fingerprint density at radius 2 is 1.36 bits per heavy atom. The molecule has 0 aliphatic heterocycles. The number of hydrogen-bond donors (Lipinski definition) is 0. The van der Waals surface area contributed by atoms with Gasteiger partial charge in [0.25, 0.3) is 0 Å². The Labute approximate surface area is 151 Å². The van der Waals surface area contributed by atoms with E-state index in [1.54, 1.807) is 0 Å². The molecule has 0 aromatic heterocycles. The standard InChI is InChI=1S/C24H28O/c1-5-21-18(4)22(14-15-23(21)25)24(19-10-6-16(2)7-11-19)20-12-8-17(3)9-13-20/h6-13,18,21H,5,14-15H2,1-4H3. The van der Waals surface area contributed by atoms with Gasteiger partial charge in [-0.2, -0.15) is 0 Å². The normalized spacial score (nSPS) is 20.6. The van der Waals surface area contributed by atoms with Crippen molar-refractivity contribution in [2.75, 3.05) is 0 Å². The van der Waals surface area contributed by atoms with Crippen molar-refractivity contribution < 1.29 is 4.79 Å². The Kier molecular flexibility index (Phi) is 5.22. The zero-order chi connectivity index (χ0) is 18.0. The molecule has 0 bridgehead atoms. The molecule has 1 aliphatic rings. The third-order valence-electron chi connectivity index (χ3n) is 5.65. The molecule has 1 heteroatoms. The van der Waals surface area contributed by atoms with Crippen LogP contribution in [0.3, 0.4) is 0 Å². The molecule has 0 saturated heterocycles. The van der Waals surface area contributed by atoms with Gasteiger partial charge in [0.2, 0.25) is 0 Å². The van der Waals surface area contributed by atoms with Crippen LogP contribution in [0.4, 0.5) is 0 Å². The molecule has 2 aromatic carbocycles. The van der Waals surface area contributed by atoms with Crippen molar-refractivity contribution in [3.05, 3.63) is 76.4 Å². The summed E-state index contributed by atoms with van der Waals surface area (Å²) in [7, 11) is 0. The van der Waals surface area contributed by atoms with Crippen molar-refractivity contribution in [3.8, 4) is 0 Å². The molecule has 0 radical (unpaired) electrons. The first-order valence-electron chi connectivity index (χ1n) is 9.41. The van der Waals surface area contributed by atoms with E-state index in [0.29, 0.717) is 18.1 Å². The van der Waals surface area contributed by atoms with E-state index < -0.39 is 0 Å². The van der Waals surface area contributed by atoms with Gasteiger partial charge in [-0.15, -0.1) is 0 Å². The molecule has 0 spiro atoms. The van der Waals surface area contributed by atoms with E-state index in [1.165, 1.54) is 33.4 Å². The lowest BCUT2D eigenvalue weighted by Gasteiger charge is -2.32. The fourth-order valence-electron chi connectivity index (χ4n) is 4.10. The van der Waals surface area contributed by atoms with Gasteiger partial charge in [0.05, 0.1) is 0 Å². The van der Waals surface area contributed by atoms with Crippen LogP contribution in [0.5, 0.6) is 0 Å². The van der Waals surface area contributed by atoms with Gasteiger partial charge in [-0.05, 0) is 49.3 Å². The molecule has 25 heavy (non-hydrogen) atoms. The summed E-state index contributed by atoms with van der Waals surface area (Å²) >= 11 is 0. The van der Waals surface area contributed by atoms with E-state index >= 15 is 0 Å². The molecule has 1 nitrogen and oxygen atoms in total. The minimum absolute atomic E-state index is 0.162. The Bertz CT molecular complexity index is 730. The predicted molar refractivity (Wildman–Crippen MR) is 106 cm³/mol. The molecule has 130 valence electrons. The van der Waals surface area contributed by atoms with Gasteiger partial charge in [-0.25, -0.2) is 0 Å². The summed E-state index contributed by atoms with van der Waals surface area (Å²) in [5.41, 5.74) is 7.85. The summed E-state index contributed by atoms with van der Waals surface area (Å²) in [4.78, 5) is 12.3. The molecular weight excluding hydrogens is 304 g/mol. The molecule has 0 amide bonds. The number of ketones is 1. The van der Waals surface area contributed by atoms with Gasteiger partial charge in [0.15, 0.2) is 0 Å². The maximum atomic E-state index is 12.3. The fourth-order valence-corrected chi connectivity index (χ4v) is 4.10. The van der Waals surface area contributed by atoms with Crippen LogP contribution in [0.15, 0.2) is 54.1 Å². The van der Waals surface area contributed by atoms with Gasteiger partial charge in [0.1, 0.15) is 5.78 Å². The Morgan fingerprint density at radius 3 is 1.80 bits per heavy atom. The number of Topliss-reactive ketones (excluding diaryl/α,β-unsaturated/α-hetero) is 1. The Hall–Kier alpha value is -2.15. The summed E-state index contributed by atoms with van der Waals surface area (Å²) in [5.74, 6) is 0.907. The molecule has 2 unspecified atom stereocenters. The van der Waals surface area contributed by atoms with Crippen molar-refractivity contribution in [1.29, 1.82) is 0 Å². The summed E-state index contributed by atoms with van der Waals surface area (Å²) in [6.45, 7) is 8.62. The lowest BCUT2D eigenvalue weighted by molar-refractivity contribution is -0.125. The van der Waals surface area contributed by atoms with Crippen LogP contribution in [0, 0.1) is 25.7 Å². The molecule has 2 atom stereocenters. The van der Waals surface area contributed by atoms with Gasteiger partial charge >= 0.3 is 0 Å². The quantitative estimate of drug-likeness (QED) is 0.660. The average molecular weight is 332 g/mol. The van der Waals surface area contributed by atoms with Crippen molar-refractivity contribution in [2.45, 2.75) is 47.0 Å². The molecule has 0 heterocycles. The number of carbonyl (C=O) groups excluding carboxylic acids is 1. The van der Waals surface area contributed by atoms with Crippen molar-refractivity contribution >= 4 is 11.4 Å². The number of hydrogen-bond acceptors (Lipinski definition) is 1. The first-order chi connectivity index (χ1) is 12.0. The van der Waals surface area contributed by atoms with Crippen LogP contribution in [-0.4, -0.2) is 5.78 Å². The largest absolute Gasteiger partial charge is 0.299 e. The van der Waals surface area contributed by atoms with E-state index in [2.05, 4.69) is 76.2 Å². The zero-order valence-corrected chi connectivity index (χ0v) is 15.8. The van der Waals surface area contributed by atoms with Crippen molar-refractivity contribution in [2.24, 2.45) is 11.8 Å². The third kappa shape index (κ3) is 3.61. The second-order valence-corrected chi connectivity index (χ2v) is 7.40. The fraction of sp³-hybridized carbons (Fsp3) is 0.375. The van der Waals surface area contributed by atoms with Gasteiger partial charge in [0, 0.05) is 12.3 Å². The Morgan fingerprint density at radius 1 is 0.880 bits per heavy atom. The van der Waals surface area contributed by atoms with E-state index in [0.717, 1.165) is 12.8 Å². The number of allylic oxidation sites excluding steroid dienone is 1. The monoisotopic (exact) mass is 332 g/mol. The Balaban J connectivity index is 2.17. The second kappa shape index (κ2) is 7.39. The van der Waals surface area contributed by atoms with Gasteiger partial charge in [-0.1, -0.05) is 79.1 Å². The first-order valence-corrected chi connectivity index (χ1v) is 9.41. The number of benzene rings is 2. The van der Waals surface area contributed by atoms with Gasteiger partial charge in [-0.3, -0.25) is 4.79 Å². The highest BCUT2D eigenvalue weighted by Gasteiger charge is 2.32. The average Bonchev–Trinajstić information content (AvgIpc) is 2.60. The van der Waals surface area contributed by atoms with Crippen molar-refractivity contribution in [1.82, 2.24) is 0 Å². The summed E-state index contributed by atoms with van der Waals surface area (Å²) in [5, 5.41) is 0. The minimum Gasteiger partial charge on any atom is -0.299 e. The minimum atomic E-state index is 0.162. The highest BCUT2D eigenvalue weighted by molar-refractivity contribution is 5.88. The van der Waals surface area contributed by atoms with Crippen LogP contribution >= 0.6 is 0 Å². The maximum Gasteiger partial charge on any atom is 0.136 e. The molecule has 3 rings (SSSR count). The molecule has 1 fully saturated rings.